The maximum atomic E-state index is 12.9. The predicted molar refractivity (Wildman–Crippen MR) is 118 cm³/mol. The minimum atomic E-state index is -0.0946. The molecule has 2 N–H and O–H groups in total. The van der Waals surface area contributed by atoms with E-state index in [4.69, 9.17) is 0 Å². The lowest BCUT2D eigenvalue weighted by Gasteiger charge is -2.28. The zero-order chi connectivity index (χ0) is 21.5. The number of fused-ring (bicyclic) bond motifs is 1. The molecule has 0 radical (unpaired) electrons. The number of nitrogens with zero attached hydrogens (tertiary/aromatic N) is 2. The third-order valence-corrected chi connectivity index (χ3v) is 6.42. The van der Waals surface area contributed by atoms with E-state index in [0.29, 0.717) is 12.2 Å². The first-order valence-corrected chi connectivity index (χ1v) is 11.0. The molecule has 1 aliphatic heterocycles. The molecule has 0 saturated heterocycles. The number of hydrogen-bond donors (Lipinski definition) is 2. The van der Waals surface area contributed by atoms with Crippen LogP contribution in [-0.4, -0.2) is 27.4 Å². The van der Waals surface area contributed by atoms with Crippen LogP contribution >= 0.6 is 0 Å². The summed E-state index contributed by atoms with van der Waals surface area (Å²) in [7, 11) is 0. The van der Waals surface area contributed by atoms with Gasteiger partial charge in [-0.2, -0.15) is 0 Å². The number of anilines is 1. The molecule has 2 aliphatic rings. The number of carbonyl (C=O) groups is 2. The van der Waals surface area contributed by atoms with E-state index in [1.807, 2.05) is 12.1 Å². The average Bonchev–Trinajstić information content (AvgIpc) is 3.15. The first kappa shape index (κ1) is 20.6. The Kier molecular flexibility index (Phi) is 5.43. The number of pyridine rings is 1. The molecule has 0 spiro atoms. The maximum Gasteiger partial charge on any atom is 0.228 e. The fraction of sp³-hybridized carbons (Fsp3) is 0.542. The zero-order valence-corrected chi connectivity index (χ0v) is 18.4. The molecule has 6 nitrogen and oxygen atoms in total. The molecule has 1 aliphatic carbocycles. The van der Waals surface area contributed by atoms with Crippen LogP contribution in [0.2, 0.25) is 0 Å². The smallest absolute Gasteiger partial charge is 0.228 e. The summed E-state index contributed by atoms with van der Waals surface area (Å²) in [5.74, 6) is 0.458. The summed E-state index contributed by atoms with van der Waals surface area (Å²) in [6.07, 6.45) is 6.24. The normalized spacial score (nSPS) is 22.4. The summed E-state index contributed by atoms with van der Waals surface area (Å²) in [6, 6.07) is 6.32. The Morgan fingerprint density at radius 3 is 2.80 bits per heavy atom. The standard InChI is InChI=1S/C24H32N4O2/c1-15-10-20(21-13-24(3,4)14-28(15)21)17-8-9-25-22(12-17)27-23(30)18-6-5-7-19(11-18)26-16(2)29/h8-10,12,18-19H,5-7,11,13-14H2,1-4H3,(H,26,29)(H,25,27,30)/t18-,19+/m0/s1. The molecule has 0 unspecified atom stereocenters. The molecular formula is C24H32N4O2. The Morgan fingerprint density at radius 2 is 2.03 bits per heavy atom. The monoisotopic (exact) mass is 408 g/mol. The van der Waals surface area contributed by atoms with E-state index in [-0.39, 0.29) is 29.2 Å². The van der Waals surface area contributed by atoms with Crippen LogP contribution < -0.4 is 10.6 Å². The van der Waals surface area contributed by atoms with Gasteiger partial charge in [-0.15, -0.1) is 0 Å². The van der Waals surface area contributed by atoms with Gasteiger partial charge in [-0.3, -0.25) is 9.59 Å². The molecule has 1 fully saturated rings. The van der Waals surface area contributed by atoms with Crippen molar-refractivity contribution in [2.24, 2.45) is 11.3 Å². The third kappa shape index (κ3) is 4.27. The summed E-state index contributed by atoms with van der Waals surface area (Å²) < 4.78 is 2.41. The van der Waals surface area contributed by atoms with Crippen LogP contribution in [0.4, 0.5) is 5.82 Å². The molecule has 2 aromatic heterocycles. The lowest BCUT2D eigenvalue weighted by atomic mass is 9.85. The summed E-state index contributed by atoms with van der Waals surface area (Å²) in [5, 5.41) is 5.97. The van der Waals surface area contributed by atoms with E-state index in [1.165, 1.54) is 23.9 Å². The average molecular weight is 409 g/mol. The second-order valence-electron chi connectivity index (χ2n) is 9.75. The molecule has 30 heavy (non-hydrogen) atoms. The lowest BCUT2D eigenvalue weighted by Crippen LogP contribution is -2.40. The SMILES string of the molecule is CC(=O)N[C@@H]1CCC[C@H](C(=O)Nc2cc(-c3cc(C)n4c3CC(C)(C)C4)ccn2)C1. The van der Waals surface area contributed by atoms with Crippen molar-refractivity contribution in [3.63, 3.8) is 0 Å². The van der Waals surface area contributed by atoms with Crippen molar-refractivity contribution in [1.82, 2.24) is 14.9 Å². The molecule has 4 rings (SSSR count). The molecule has 0 bridgehead atoms. The number of nitrogens with one attached hydrogen (secondary N) is 2. The van der Waals surface area contributed by atoms with E-state index in [0.717, 1.165) is 37.8 Å². The van der Waals surface area contributed by atoms with Gasteiger partial charge in [-0.1, -0.05) is 20.3 Å². The van der Waals surface area contributed by atoms with Gasteiger partial charge < -0.3 is 15.2 Å². The van der Waals surface area contributed by atoms with Gasteiger partial charge in [0, 0.05) is 48.6 Å². The number of carbonyl (C=O) groups excluding carboxylic acids is 2. The van der Waals surface area contributed by atoms with Crippen molar-refractivity contribution in [1.29, 1.82) is 0 Å². The van der Waals surface area contributed by atoms with Gasteiger partial charge in [-0.25, -0.2) is 4.98 Å². The molecule has 2 aromatic rings. The molecule has 2 atom stereocenters. The summed E-state index contributed by atoms with van der Waals surface area (Å²) in [6.45, 7) is 9.34. The Hall–Kier alpha value is -2.63. The summed E-state index contributed by atoms with van der Waals surface area (Å²) in [5.41, 5.74) is 5.24. The van der Waals surface area contributed by atoms with Crippen molar-refractivity contribution in [2.75, 3.05) is 5.32 Å². The number of aryl methyl sites for hydroxylation is 1. The second-order valence-corrected chi connectivity index (χ2v) is 9.75. The van der Waals surface area contributed by atoms with E-state index in [1.54, 1.807) is 6.20 Å². The van der Waals surface area contributed by atoms with Crippen molar-refractivity contribution in [3.8, 4) is 11.1 Å². The number of rotatable bonds is 4. The summed E-state index contributed by atoms with van der Waals surface area (Å²) in [4.78, 5) is 28.6. The van der Waals surface area contributed by atoms with Crippen molar-refractivity contribution < 1.29 is 9.59 Å². The van der Waals surface area contributed by atoms with Crippen LogP contribution in [0.5, 0.6) is 0 Å². The molecule has 2 amide bonds. The quantitative estimate of drug-likeness (QED) is 0.801. The highest BCUT2D eigenvalue weighted by atomic mass is 16.2. The molecule has 3 heterocycles. The largest absolute Gasteiger partial charge is 0.354 e. The maximum absolute atomic E-state index is 12.9. The van der Waals surface area contributed by atoms with E-state index < -0.39 is 0 Å². The van der Waals surface area contributed by atoms with Gasteiger partial charge in [0.05, 0.1) is 0 Å². The van der Waals surface area contributed by atoms with Crippen LogP contribution in [0.3, 0.4) is 0 Å². The third-order valence-electron chi connectivity index (χ3n) is 6.42. The predicted octanol–water partition coefficient (Wildman–Crippen LogP) is 4.07. The van der Waals surface area contributed by atoms with E-state index >= 15 is 0 Å². The van der Waals surface area contributed by atoms with Gasteiger partial charge in [0.2, 0.25) is 11.8 Å². The fourth-order valence-electron chi connectivity index (χ4n) is 5.07. The van der Waals surface area contributed by atoms with E-state index in [9.17, 15) is 9.59 Å². The van der Waals surface area contributed by atoms with Gasteiger partial charge in [0.25, 0.3) is 0 Å². The van der Waals surface area contributed by atoms with Gasteiger partial charge >= 0.3 is 0 Å². The van der Waals surface area contributed by atoms with Crippen LogP contribution in [-0.2, 0) is 22.6 Å². The van der Waals surface area contributed by atoms with E-state index in [2.05, 4.69) is 47.0 Å². The first-order valence-electron chi connectivity index (χ1n) is 11.0. The lowest BCUT2D eigenvalue weighted by molar-refractivity contribution is -0.123. The summed E-state index contributed by atoms with van der Waals surface area (Å²) >= 11 is 0. The van der Waals surface area contributed by atoms with Crippen molar-refractivity contribution >= 4 is 17.6 Å². The van der Waals surface area contributed by atoms with Gasteiger partial charge in [0.1, 0.15) is 5.82 Å². The molecule has 1 saturated carbocycles. The Labute approximate surface area is 178 Å². The molecule has 6 heteroatoms. The topological polar surface area (TPSA) is 76.0 Å². The van der Waals surface area contributed by atoms with Gasteiger partial charge in [0.15, 0.2) is 0 Å². The van der Waals surface area contributed by atoms with Gasteiger partial charge in [-0.05, 0) is 61.8 Å². The molecule has 160 valence electrons. The minimum Gasteiger partial charge on any atom is -0.354 e. The Bertz CT molecular complexity index is 976. The van der Waals surface area contributed by atoms with Crippen LogP contribution in [0.1, 0.15) is 57.8 Å². The second kappa shape index (κ2) is 7.89. The number of hydrogen-bond acceptors (Lipinski definition) is 3. The highest BCUT2D eigenvalue weighted by Gasteiger charge is 2.32. The highest BCUT2D eigenvalue weighted by Crippen LogP contribution is 2.40. The number of aromatic nitrogens is 2. The minimum absolute atomic E-state index is 0.00544. The fourth-order valence-corrected chi connectivity index (χ4v) is 5.07. The Morgan fingerprint density at radius 1 is 1.23 bits per heavy atom. The van der Waals surface area contributed by atoms with Crippen LogP contribution in [0, 0.1) is 18.3 Å². The van der Waals surface area contributed by atoms with Crippen LogP contribution in [0.15, 0.2) is 24.4 Å². The highest BCUT2D eigenvalue weighted by molar-refractivity contribution is 5.92. The number of amides is 2. The zero-order valence-electron chi connectivity index (χ0n) is 18.4. The van der Waals surface area contributed by atoms with Crippen molar-refractivity contribution in [2.45, 2.75) is 72.4 Å². The Balaban J connectivity index is 1.49. The van der Waals surface area contributed by atoms with Crippen LogP contribution in [0.25, 0.3) is 11.1 Å². The van der Waals surface area contributed by atoms with Crippen molar-refractivity contribution in [3.05, 3.63) is 35.8 Å². The molecule has 0 aromatic carbocycles. The molecular weight excluding hydrogens is 376 g/mol. The first-order chi connectivity index (χ1) is 14.2.